The number of hydrogen-bond acceptors (Lipinski definition) is 7. The number of carbonyl (C=O) groups is 3. The van der Waals surface area contributed by atoms with E-state index in [-0.39, 0.29) is 39.0 Å². The first-order valence-electron chi connectivity index (χ1n) is 9.10. The summed E-state index contributed by atoms with van der Waals surface area (Å²) in [6.45, 7) is -0.0439. The molecule has 0 saturated carbocycles. The number of amides is 3. The lowest BCUT2D eigenvalue weighted by molar-refractivity contribution is -0.384. The molecule has 9 nitrogen and oxygen atoms in total. The summed E-state index contributed by atoms with van der Waals surface area (Å²) in [6, 6.07) is 11.0. The summed E-state index contributed by atoms with van der Waals surface area (Å²) in [4.78, 5) is 48.3. The molecule has 3 amide bonds. The Kier molecular flexibility index (Phi) is 7.28. The van der Waals surface area contributed by atoms with Crippen LogP contribution in [0.1, 0.15) is 22.3 Å². The predicted octanol–water partition coefficient (Wildman–Crippen LogP) is 2.79. The highest BCUT2D eigenvalue weighted by Crippen LogP contribution is 2.32. The van der Waals surface area contributed by atoms with E-state index in [1.165, 1.54) is 47.4 Å². The highest BCUT2D eigenvalue weighted by Gasteiger charge is 2.32. The molecule has 12 heteroatoms. The normalized spacial score (nSPS) is 14.5. The van der Waals surface area contributed by atoms with Gasteiger partial charge in [0.15, 0.2) is 0 Å². The second kappa shape index (κ2) is 10.1. The van der Waals surface area contributed by atoms with E-state index in [9.17, 15) is 28.9 Å². The van der Waals surface area contributed by atoms with Gasteiger partial charge in [0, 0.05) is 36.2 Å². The van der Waals surface area contributed by atoms with E-state index in [0.29, 0.717) is 0 Å². The smallest absolute Gasteiger partial charge is 0.270 e. The summed E-state index contributed by atoms with van der Waals surface area (Å²) >= 11 is 6.18. The molecule has 1 aliphatic rings. The topological polar surface area (TPSA) is 122 Å². The Bertz CT molecular complexity index is 1150. The Morgan fingerprint density at radius 1 is 1.19 bits per heavy atom. The number of non-ortho nitro benzene ring substituents is 1. The number of thiocarbonyl (C=S) groups is 1. The monoisotopic (exact) mass is 474 g/mol. The number of carbonyl (C=O) groups excluding carboxylic acids is 3. The molecule has 0 aliphatic carbocycles. The molecular formula is C20H15FN4O5S2. The van der Waals surface area contributed by atoms with Crippen molar-refractivity contribution in [3.8, 4) is 0 Å². The lowest BCUT2D eigenvalue weighted by Crippen LogP contribution is -2.43. The number of rotatable bonds is 6. The number of halogens is 1. The van der Waals surface area contributed by atoms with Crippen LogP contribution in [0.15, 0.2) is 53.4 Å². The molecule has 0 atom stereocenters. The summed E-state index contributed by atoms with van der Waals surface area (Å²) < 4.78 is 14.0. The van der Waals surface area contributed by atoms with Gasteiger partial charge in [-0.1, -0.05) is 48.2 Å². The number of nitro groups is 1. The maximum Gasteiger partial charge on any atom is 0.270 e. The minimum Gasteiger partial charge on any atom is -0.292 e. The summed E-state index contributed by atoms with van der Waals surface area (Å²) in [5.74, 6) is -2.26. The average molecular weight is 474 g/mol. The number of hydrazine groups is 1. The van der Waals surface area contributed by atoms with Crippen molar-refractivity contribution in [3.05, 3.63) is 80.5 Å². The molecule has 2 aromatic carbocycles. The van der Waals surface area contributed by atoms with E-state index in [2.05, 4.69) is 10.9 Å². The third kappa shape index (κ3) is 5.53. The lowest BCUT2D eigenvalue weighted by atomic mass is 10.2. The van der Waals surface area contributed by atoms with E-state index in [1.807, 2.05) is 0 Å². The molecule has 2 N–H and O–H groups in total. The Hall–Kier alpha value is -3.64. The van der Waals surface area contributed by atoms with Crippen LogP contribution in [0.2, 0.25) is 0 Å². The van der Waals surface area contributed by atoms with Crippen molar-refractivity contribution in [2.24, 2.45) is 0 Å². The lowest BCUT2D eigenvalue weighted by Gasteiger charge is -2.14. The highest BCUT2D eigenvalue weighted by atomic mass is 32.2. The zero-order valence-electron chi connectivity index (χ0n) is 16.2. The first-order chi connectivity index (χ1) is 15.3. The molecule has 0 aromatic heterocycles. The molecule has 0 spiro atoms. The first kappa shape index (κ1) is 23.0. The SMILES string of the molecule is O=C(CCN1C(=O)/C(=C\c2ccccc2F)SC1=S)NNC(=O)c1cccc([N+](=O)[O-])c1. The molecule has 0 bridgehead atoms. The molecule has 1 aliphatic heterocycles. The fourth-order valence-corrected chi connectivity index (χ4v) is 3.96. The van der Waals surface area contributed by atoms with Crippen LogP contribution in [0.3, 0.4) is 0 Å². The fourth-order valence-electron chi connectivity index (χ4n) is 2.66. The molecule has 1 heterocycles. The molecular weight excluding hydrogens is 459 g/mol. The Morgan fingerprint density at radius 2 is 1.94 bits per heavy atom. The number of thioether (sulfide) groups is 1. The number of nitrogens with one attached hydrogen (secondary N) is 2. The van der Waals surface area contributed by atoms with E-state index in [1.54, 1.807) is 6.07 Å². The van der Waals surface area contributed by atoms with Crippen LogP contribution in [0, 0.1) is 15.9 Å². The average Bonchev–Trinajstić information content (AvgIpc) is 3.04. The van der Waals surface area contributed by atoms with Crippen LogP contribution in [-0.4, -0.2) is 38.4 Å². The zero-order chi connectivity index (χ0) is 23.3. The first-order valence-corrected chi connectivity index (χ1v) is 10.3. The standard InChI is InChI=1S/C20H15FN4O5S2/c21-15-7-2-1-4-12(15)11-16-19(28)24(20(31)32-16)9-8-17(26)22-23-18(27)13-5-3-6-14(10-13)25(29)30/h1-7,10-11H,8-9H2,(H,22,26)(H,23,27)/b16-11+. The Labute approximate surface area is 190 Å². The molecule has 2 aromatic rings. The molecule has 32 heavy (non-hydrogen) atoms. The van der Waals surface area contributed by atoms with Gasteiger partial charge in [-0.05, 0) is 18.2 Å². The molecule has 0 radical (unpaired) electrons. The minimum atomic E-state index is -0.736. The van der Waals surface area contributed by atoms with Gasteiger partial charge in [0.2, 0.25) is 5.91 Å². The van der Waals surface area contributed by atoms with Gasteiger partial charge >= 0.3 is 0 Å². The van der Waals surface area contributed by atoms with Gasteiger partial charge in [-0.3, -0.25) is 40.2 Å². The van der Waals surface area contributed by atoms with E-state index in [4.69, 9.17) is 12.2 Å². The number of nitro benzene ring substituents is 1. The summed E-state index contributed by atoms with van der Waals surface area (Å²) in [5.41, 5.74) is 4.31. The van der Waals surface area contributed by atoms with Crippen LogP contribution in [0.4, 0.5) is 10.1 Å². The van der Waals surface area contributed by atoms with Gasteiger partial charge in [0.25, 0.3) is 17.5 Å². The van der Waals surface area contributed by atoms with Crippen molar-refractivity contribution in [1.29, 1.82) is 0 Å². The third-order valence-corrected chi connectivity index (χ3v) is 5.64. The zero-order valence-corrected chi connectivity index (χ0v) is 17.9. The number of hydrogen-bond donors (Lipinski definition) is 2. The summed E-state index contributed by atoms with van der Waals surface area (Å²) in [7, 11) is 0. The van der Waals surface area contributed by atoms with Crippen LogP contribution < -0.4 is 10.9 Å². The maximum atomic E-state index is 13.8. The predicted molar refractivity (Wildman–Crippen MR) is 120 cm³/mol. The largest absolute Gasteiger partial charge is 0.292 e. The van der Waals surface area contributed by atoms with Gasteiger partial charge in [-0.15, -0.1) is 0 Å². The summed E-state index contributed by atoms with van der Waals surface area (Å²) in [5, 5.41) is 10.8. The second-order valence-corrected chi connectivity index (χ2v) is 8.09. The third-order valence-electron chi connectivity index (χ3n) is 4.26. The van der Waals surface area contributed by atoms with Gasteiger partial charge in [0.05, 0.1) is 9.83 Å². The van der Waals surface area contributed by atoms with Crippen molar-refractivity contribution in [1.82, 2.24) is 15.8 Å². The van der Waals surface area contributed by atoms with Crippen LogP contribution in [0.25, 0.3) is 6.08 Å². The molecule has 164 valence electrons. The van der Waals surface area contributed by atoms with E-state index >= 15 is 0 Å². The number of benzene rings is 2. The van der Waals surface area contributed by atoms with Gasteiger partial charge < -0.3 is 0 Å². The molecule has 3 rings (SSSR count). The van der Waals surface area contributed by atoms with Crippen molar-refractivity contribution in [3.63, 3.8) is 0 Å². The molecule has 1 fully saturated rings. The van der Waals surface area contributed by atoms with Crippen LogP contribution in [0.5, 0.6) is 0 Å². The quantitative estimate of drug-likeness (QED) is 0.286. The highest BCUT2D eigenvalue weighted by molar-refractivity contribution is 8.26. The van der Waals surface area contributed by atoms with Crippen LogP contribution in [-0.2, 0) is 9.59 Å². The van der Waals surface area contributed by atoms with Gasteiger partial charge in [-0.2, -0.15) is 0 Å². The molecule has 1 saturated heterocycles. The maximum absolute atomic E-state index is 13.8. The van der Waals surface area contributed by atoms with Crippen molar-refractivity contribution >= 4 is 57.8 Å². The van der Waals surface area contributed by atoms with E-state index in [0.717, 1.165) is 17.8 Å². The Morgan fingerprint density at radius 3 is 2.66 bits per heavy atom. The van der Waals surface area contributed by atoms with Crippen molar-refractivity contribution in [2.45, 2.75) is 6.42 Å². The van der Waals surface area contributed by atoms with Crippen molar-refractivity contribution < 1.29 is 23.7 Å². The Balaban J connectivity index is 1.53. The van der Waals surface area contributed by atoms with Gasteiger partial charge in [-0.25, -0.2) is 4.39 Å². The van der Waals surface area contributed by atoms with E-state index < -0.39 is 28.5 Å². The second-order valence-electron chi connectivity index (χ2n) is 6.41. The number of nitrogens with zero attached hydrogens (tertiary/aromatic N) is 2. The van der Waals surface area contributed by atoms with Crippen molar-refractivity contribution in [2.75, 3.05) is 6.54 Å². The summed E-state index contributed by atoms with van der Waals surface area (Å²) in [6.07, 6.45) is 1.22. The minimum absolute atomic E-state index is 0.00489. The fraction of sp³-hybridized carbons (Fsp3) is 0.100. The molecule has 0 unspecified atom stereocenters. The van der Waals surface area contributed by atoms with Gasteiger partial charge in [0.1, 0.15) is 10.1 Å². The van der Waals surface area contributed by atoms with Crippen LogP contribution >= 0.6 is 24.0 Å².